The van der Waals surface area contributed by atoms with Crippen molar-refractivity contribution in [3.8, 4) is 5.75 Å². The molecule has 0 aliphatic carbocycles. The van der Waals surface area contributed by atoms with Crippen LogP contribution in [-0.4, -0.2) is 24.2 Å². The SMILES string of the molecule is O=C(NCCOc1ccc2ncccc2c1)Nc1ccc(Cl)c(Cl)c1. The molecule has 0 spiro atoms. The fourth-order valence-electron chi connectivity index (χ4n) is 2.23. The van der Waals surface area contributed by atoms with Crippen LogP contribution in [0.4, 0.5) is 10.5 Å². The van der Waals surface area contributed by atoms with Crippen LogP contribution in [0, 0.1) is 0 Å². The number of aromatic nitrogens is 1. The van der Waals surface area contributed by atoms with E-state index in [1.54, 1.807) is 24.4 Å². The summed E-state index contributed by atoms with van der Waals surface area (Å²) >= 11 is 11.7. The van der Waals surface area contributed by atoms with Gasteiger partial charge in [-0.3, -0.25) is 4.98 Å². The molecule has 0 fully saturated rings. The van der Waals surface area contributed by atoms with Gasteiger partial charge >= 0.3 is 6.03 Å². The van der Waals surface area contributed by atoms with E-state index in [0.717, 1.165) is 16.7 Å². The number of carbonyl (C=O) groups is 1. The summed E-state index contributed by atoms with van der Waals surface area (Å²) in [7, 11) is 0. The van der Waals surface area contributed by atoms with E-state index >= 15 is 0 Å². The van der Waals surface area contributed by atoms with Gasteiger partial charge in [-0.05, 0) is 42.5 Å². The lowest BCUT2D eigenvalue weighted by Gasteiger charge is -2.10. The molecule has 2 aromatic carbocycles. The first-order chi connectivity index (χ1) is 12.1. The highest BCUT2D eigenvalue weighted by molar-refractivity contribution is 6.42. The lowest BCUT2D eigenvalue weighted by Crippen LogP contribution is -2.32. The summed E-state index contributed by atoms with van der Waals surface area (Å²) in [6.07, 6.45) is 1.75. The van der Waals surface area contributed by atoms with E-state index in [9.17, 15) is 4.79 Å². The Labute approximate surface area is 154 Å². The molecule has 0 aliphatic heterocycles. The predicted octanol–water partition coefficient (Wildman–Crippen LogP) is 4.74. The van der Waals surface area contributed by atoms with Gasteiger partial charge in [0.1, 0.15) is 12.4 Å². The van der Waals surface area contributed by atoms with Gasteiger partial charge in [0.25, 0.3) is 0 Å². The number of hydrogen-bond donors (Lipinski definition) is 2. The molecule has 0 atom stereocenters. The Morgan fingerprint density at radius 1 is 1.08 bits per heavy atom. The number of rotatable bonds is 5. The molecule has 3 aromatic rings. The predicted molar refractivity (Wildman–Crippen MR) is 101 cm³/mol. The van der Waals surface area contributed by atoms with Crippen molar-refractivity contribution in [1.29, 1.82) is 0 Å². The normalized spacial score (nSPS) is 10.5. The fourth-order valence-corrected chi connectivity index (χ4v) is 2.52. The molecule has 25 heavy (non-hydrogen) atoms. The summed E-state index contributed by atoms with van der Waals surface area (Å²) in [6.45, 7) is 0.707. The molecule has 2 N–H and O–H groups in total. The average molecular weight is 376 g/mol. The van der Waals surface area contributed by atoms with E-state index in [2.05, 4.69) is 15.6 Å². The number of carbonyl (C=O) groups excluding carboxylic acids is 1. The van der Waals surface area contributed by atoms with E-state index in [0.29, 0.717) is 28.9 Å². The Hall–Kier alpha value is -2.50. The van der Waals surface area contributed by atoms with Crippen LogP contribution in [0.2, 0.25) is 10.0 Å². The van der Waals surface area contributed by atoms with Crippen LogP contribution in [-0.2, 0) is 0 Å². The van der Waals surface area contributed by atoms with E-state index in [-0.39, 0.29) is 6.03 Å². The summed E-state index contributed by atoms with van der Waals surface area (Å²) < 4.78 is 5.64. The molecular weight excluding hydrogens is 361 g/mol. The molecule has 3 rings (SSSR count). The number of urea groups is 1. The van der Waals surface area contributed by atoms with Crippen LogP contribution in [0.25, 0.3) is 10.9 Å². The number of ether oxygens (including phenoxy) is 1. The first kappa shape index (κ1) is 17.3. The third-order valence-corrected chi connectivity index (χ3v) is 4.15. The van der Waals surface area contributed by atoms with Gasteiger partial charge in [-0.25, -0.2) is 4.79 Å². The van der Waals surface area contributed by atoms with Gasteiger partial charge < -0.3 is 15.4 Å². The topological polar surface area (TPSA) is 63.2 Å². The maximum absolute atomic E-state index is 11.8. The van der Waals surface area contributed by atoms with Crippen LogP contribution >= 0.6 is 23.2 Å². The van der Waals surface area contributed by atoms with Gasteiger partial charge in [0, 0.05) is 17.3 Å². The molecule has 0 saturated heterocycles. The summed E-state index contributed by atoms with van der Waals surface area (Å²) in [4.78, 5) is 16.1. The summed E-state index contributed by atoms with van der Waals surface area (Å²) in [5, 5.41) is 7.21. The highest BCUT2D eigenvalue weighted by Gasteiger charge is 2.04. The monoisotopic (exact) mass is 375 g/mol. The number of nitrogens with zero attached hydrogens (tertiary/aromatic N) is 1. The second-order valence-corrected chi connectivity index (χ2v) is 6.03. The highest BCUT2D eigenvalue weighted by Crippen LogP contribution is 2.24. The van der Waals surface area contributed by atoms with E-state index < -0.39 is 0 Å². The smallest absolute Gasteiger partial charge is 0.319 e. The summed E-state index contributed by atoms with van der Waals surface area (Å²) in [6, 6.07) is 14.1. The average Bonchev–Trinajstić information content (AvgIpc) is 2.62. The zero-order valence-electron chi connectivity index (χ0n) is 13.1. The summed E-state index contributed by atoms with van der Waals surface area (Å²) in [5.74, 6) is 0.729. The number of nitrogens with one attached hydrogen (secondary N) is 2. The first-order valence-electron chi connectivity index (χ1n) is 7.59. The van der Waals surface area contributed by atoms with Crippen molar-refractivity contribution in [1.82, 2.24) is 10.3 Å². The van der Waals surface area contributed by atoms with Crippen LogP contribution in [0.3, 0.4) is 0 Å². The van der Waals surface area contributed by atoms with Crippen LogP contribution < -0.4 is 15.4 Å². The van der Waals surface area contributed by atoms with Crippen molar-refractivity contribution in [3.05, 3.63) is 64.8 Å². The molecule has 0 saturated carbocycles. The zero-order valence-corrected chi connectivity index (χ0v) is 14.6. The number of fused-ring (bicyclic) bond motifs is 1. The molecule has 1 heterocycles. The third kappa shape index (κ3) is 4.75. The summed E-state index contributed by atoms with van der Waals surface area (Å²) in [5.41, 5.74) is 1.48. The lowest BCUT2D eigenvalue weighted by molar-refractivity contribution is 0.247. The van der Waals surface area contributed by atoms with E-state index in [4.69, 9.17) is 27.9 Å². The Morgan fingerprint density at radius 2 is 1.96 bits per heavy atom. The van der Waals surface area contributed by atoms with Gasteiger partial charge in [0.2, 0.25) is 0 Å². The van der Waals surface area contributed by atoms with Crippen molar-refractivity contribution < 1.29 is 9.53 Å². The van der Waals surface area contributed by atoms with Crippen molar-refractivity contribution in [2.24, 2.45) is 0 Å². The maximum atomic E-state index is 11.8. The molecule has 0 unspecified atom stereocenters. The molecule has 0 aliphatic rings. The minimum atomic E-state index is -0.343. The number of hydrogen-bond acceptors (Lipinski definition) is 3. The quantitative estimate of drug-likeness (QED) is 0.632. The van der Waals surface area contributed by atoms with Crippen molar-refractivity contribution in [2.45, 2.75) is 0 Å². The van der Waals surface area contributed by atoms with Crippen LogP contribution in [0.1, 0.15) is 0 Å². The molecule has 5 nitrogen and oxygen atoms in total. The molecule has 128 valence electrons. The largest absolute Gasteiger partial charge is 0.492 e. The minimum absolute atomic E-state index is 0.343. The molecule has 1 aromatic heterocycles. The fraction of sp³-hybridized carbons (Fsp3) is 0.111. The van der Waals surface area contributed by atoms with Crippen molar-refractivity contribution in [2.75, 3.05) is 18.5 Å². The van der Waals surface area contributed by atoms with Gasteiger partial charge in [-0.2, -0.15) is 0 Å². The number of halogens is 2. The molecule has 0 radical (unpaired) electrons. The number of amides is 2. The number of pyridine rings is 1. The maximum Gasteiger partial charge on any atom is 0.319 e. The van der Waals surface area contributed by atoms with Gasteiger partial charge in [-0.1, -0.05) is 29.3 Å². The second-order valence-electron chi connectivity index (χ2n) is 5.22. The van der Waals surface area contributed by atoms with E-state index in [1.165, 1.54) is 0 Å². The van der Waals surface area contributed by atoms with Gasteiger partial charge in [0.05, 0.1) is 22.1 Å². The Morgan fingerprint density at radius 3 is 2.80 bits per heavy atom. The van der Waals surface area contributed by atoms with E-state index in [1.807, 2.05) is 30.3 Å². The lowest BCUT2D eigenvalue weighted by atomic mass is 10.2. The van der Waals surface area contributed by atoms with Crippen molar-refractivity contribution >= 4 is 45.8 Å². The highest BCUT2D eigenvalue weighted by atomic mass is 35.5. The Balaban J connectivity index is 1.45. The van der Waals surface area contributed by atoms with Crippen LogP contribution in [0.15, 0.2) is 54.7 Å². The first-order valence-corrected chi connectivity index (χ1v) is 8.35. The second kappa shape index (κ2) is 8.05. The van der Waals surface area contributed by atoms with Gasteiger partial charge in [-0.15, -0.1) is 0 Å². The third-order valence-electron chi connectivity index (χ3n) is 3.41. The Bertz CT molecular complexity index is 902. The standard InChI is InChI=1S/C18H15Cl2N3O2/c19-15-5-3-13(11-16(15)20)23-18(24)22-8-9-25-14-4-6-17-12(10-14)2-1-7-21-17/h1-7,10-11H,8-9H2,(H2,22,23,24). The van der Waals surface area contributed by atoms with Crippen molar-refractivity contribution in [3.63, 3.8) is 0 Å². The molecule has 2 amide bonds. The molecular formula is C18H15Cl2N3O2. The molecule has 0 bridgehead atoms. The number of benzene rings is 2. The molecule has 7 heteroatoms. The minimum Gasteiger partial charge on any atom is -0.492 e. The van der Waals surface area contributed by atoms with Gasteiger partial charge in [0.15, 0.2) is 0 Å². The zero-order chi connectivity index (χ0) is 17.6. The number of anilines is 1. The Kier molecular flexibility index (Phi) is 5.58. The van der Waals surface area contributed by atoms with Crippen LogP contribution in [0.5, 0.6) is 5.75 Å².